The monoisotopic (exact) mass is 270 g/mol. The van der Waals surface area contributed by atoms with Crippen LogP contribution in [0.1, 0.15) is 27.9 Å². The fraction of sp³-hybridized carbons (Fsp3) is 0.235. The van der Waals surface area contributed by atoms with Crippen LogP contribution < -0.4 is 0 Å². The Labute approximate surface area is 118 Å². The van der Waals surface area contributed by atoms with Gasteiger partial charge in [-0.05, 0) is 54.7 Å². The van der Waals surface area contributed by atoms with E-state index in [1.165, 1.54) is 11.1 Å². The molecule has 1 atom stereocenters. The second-order valence-corrected chi connectivity index (χ2v) is 5.52. The lowest BCUT2D eigenvalue weighted by Crippen LogP contribution is -2.22. The van der Waals surface area contributed by atoms with Crippen molar-refractivity contribution in [3.8, 4) is 0 Å². The van der Waals surface area contributed by atoms with Crippen molar-refractivity contribution in [1.29, 1.82) is 0 Å². The van der Waals surface area contributed by atoms with Gasteiger partial charge in [0.05, 0.1) is 0 Å². The lowest BCUT2D eigenvalue weighted by Gasteiger charge is -2.23. The fourth-order valence-electron chi connectivity index (χ4n) is 2.77. The van der Waals surface area contributed by atoms with Crippen molar-refractivity contribution < 1.29 is 4.79 Å². The van der Waals surface area contributed by atoms with E-state index in [1.807, 2.05) is 18.2 Å². The molecule has 0 radical (unpaired) electrons. The van der Waals surface area contributed by atoms with Crippen molar-refractivity contribution in [2.45, 2.75) is 19.3 Å². The fourth-order valence-corrected chi connectivity index (χ4v) is 2.90. The van der Waals surface area contributed by atoms with Crippen molar-refractivity contribution in [2.24, 2.45) is 5.92 Å². The summed E-state index contributed by atoms with van der Waals surface area (Å²) >= 11 is 5.86. The maximum Gasteiger partial charge on any atom is 0.166 e. The number of aryl methyl sites for hydroxylation is 1. The summed E-state index contributed by atoms with van der Waals surface area (Å²) in [5.74, 6) is 0.349. The molecule has 0 amide bonds. The summed E-state index contributed by atoms with van der Waals surface area (Å²) in [4.78, 5) is 12.5. The highest BCUT2D eigenvalue weighted by molar-refractivity contribution is 6.30. The Morgan fingerprint density at radius 3 is 2.42 bits per heavy atom. The van der Waals surface area contributed by atoms with Gasteiger partial charge in [-0.2, -0.15) is 0 Å². The van der Waals surface area contributed by atoms with Crippen LogP contribution in [0, 0.1) is 5.92 Å². The molecule has 0 saturated carbocycles. The van der Waals surface area contributed by atoms with Crippen LogP contribution in [0.5, 0.6) is 0 Å². The van der Waals surface area contributed by atoms with Crippen LogP contribution in [0.4, 0.5) is 0 Å². The number of hydrogen-bond acceptors (Lipinski definition) is 1. The molecule has 0 fully saturated rings. The predicted octanol–water partition coefficient (Wildman–Crippen LogP) is 4.33. The maximum atomic E-state index is 12.5. The van der Waals surface area contributed by atoms with E-state index < -0.39 is 0 Å². The molecule has 0 aliphatic heterocycles. The third-order valence-corrected chi connectivity index (χ3v) is 4.10. The molecule has 1 nitrogen and oxygen atoms in total. The number of benzene rings is 2. The van der Waals surface area contributed by atoms with E-state index in [0.29, 0.717) is 5.02 Å². The van der Waals surface area contributed by atoms with Crippen LogP contribution in [-0.4, -0.2) is 5.78 Å². The molecule has 96 valence electrons. The first-order chi connectivity index (χ1) is 9.24. The van der Waals surface area contributed by atoms with Crippen molar-refractivity contribution in [2.75, 3.05) is 0 Å². The highest BCUT2D eigenvalue weighted by Gasteiger charge is 2.25. The third kappa shape index (κ3) is 2.57. The summed E-state index contributed by atoms with van der Waals surface area (Å²) in [5.41, 5.74) is 3.48. The molecule has 1 aliphatic rings. The zero-order valence-corrected chi connectivity index (χ0v) is 11.4. The molecule has 0 heterocycles. The summed E-state index contributed by atoms with van der Waals surface area (Å²) in [6.07, 6.45) is 2.80. The molecule has 3 rings (SSSR count). The summed E-state index contributed by atoms with van der Waals surface area (Å²) < 4.78 is 0. The van der Waals surface area contributed by atoms with E-state index in [2.05, 4.69) is 18.2 Å². The van der Waals surface area contributed by atoms with E-state index >= 15 is 0 Å². The van der Waals surface area contributed by atoms with Crippen molar-refractivity contribution >= 4 is 17.4 Å². The van der Waals surface area contributed by atoms with E-state index in [9.17, 15) is 4.79 Å². The zero-order chi connectivity index (χ0) is 13.2. The molecule has 0 spiro atoms. The molecule has 0 saturated heterocycles. The van der Waals surface area contributed by atoms with Gasteiger partial charge in [0.1, 0.15) is 0 Å². The largest absolute Gasteiger partial charge is 0.294 e. The number of hydrogen-bond donors (Lipinski definition) is 0. The second-order valence-electron chi connectivity index (χ2n) is 5.08. The molecular formula is C17H15ClO. The van der Waals surface area contributed by atoms with Gasteiger partial charge in [-0.15, -0.1) is 0 Å². The highest BCUT2D eigenvalue weighted by Crippen LogP contribution is 2.28. The minimum atomic E-state index is 0.107. The van der Waals surface area contributed by atoms with Crippen LogP contribution in [0.2, 0.25) is 5.02 Å². The van der Waals surface area contributed by atoms with Gasteiger partial charge < -0.3 is 0 Å². The van der Waals surface area contributed by atoms with Crippen molar-refractivity contribution in [3.05, 3.63) is 70.2 Å². The molecule has 0 aromatic heterocycles. The number of rotatable bonds is 2. The molecule has 1 aliphatic carbocycles. The SMILES string of the molecule is O=C(c1ccc(Cl)cc1)C1CCc2ccccc2C1. The number of Topliss-reactive ketones (excluding diaryl/α,β-unsaturated/α-hetero) is 1. The van der Waals surface area contributed by atoms with Gasteiger partial charge in [-0.3, -0.25) is 4.79 Å². The standard InChI is InChI=1S/C17H15ClO/c18-16-9-7-13(8-10-16)17(19)15-6-5-12-3-1-2-4-14(12)11-15/h1-4,7-10,15H,5-6,11H2. The minimum Gasteiger partial charge on any atom is -0.294 e. The molecule has 19 heavy (non-hydrogen) atoms. The predicted molar refractivity (Wildman–Crippen MR) is 77.7 cm³/mol. The van der Waals surface area contributed by atoms with Crippen LogP contribution in [0.15, 0.2) is 48.5 Å². The van der Waals surface area contributed by atoms with Gasteiger partial charge in [0, 0.05) is 16.5 Å². The molecule has 0 bridgehead atoms. The third-order valence-electron chi connectivity index (χ3n) is 3.85. The zero-order valence-electron chi connectivity index (χ0n) is 10.6. The van der Waals surface area contributed by atoms with Gasteiger partial charge in [0.25, 0.3) is 0 Å². The normalized spacial score (nSPS) is 17.8. The first kappa shape index (κ1) is 12.4. The lowest BCUT2D eigenvalue weighted by molar-refractivity contribution is 0.0909. The summed E-state index contributed by atoms with van der Waals surface area (Å²) in [5, 5.41) is 0.672. The first-order valence-corrected chi connectivity index (χ1v) is 6.98. The second kappa shape index (κ2) is 5.18. The Morgan fingerprint density at radius 1 is 1.00 bits per heavy atom. The highest BCUT2D eigenvalue weighted by atomic mass is 35.5. The maximum absolute atomic E-state index is 12.5. The Hall–Kier alpha value is -1.60. The van der Waals surface area contributed by atoms with Gasteiger partial charge in [-0.1, -0.05) is 35.9 Å². The number of carbonyl (C=O) groups is 1. The molecule has 0 N–H and O–H groups in total. The number of halogens is 1. The van der Waals surface area contributed by atoms with Crippen molar-refractivity contribution in [1.82, 2.24) is 0 Å². The average molecular weight is 271 g/mol. The Kier molecular flexibility index (Phi) is 3.39. The van der Waals surface area contributed by atoms with Crippen molar-refractivity contribution in [3.63, 3.8) is 0 Å². The Bertz CT molecular complexity index is 601. The minimum absolute atomic E-state index is 0.107. The van der Waals surface area contributed by atoms with Crippen LogP contribution in [0.3, 0.4) is 0 Å². The van der Waals surface area contributed by atoms with Gasteiger partial charge >= 0.3 is 0 Å². The summed E-state index contributed by atoms with van der Waals surface area (Å²) in [7, 11) is 0. The van der Waals surface area contributed by atoms with Gasteiger partial charge in [0.2, 0.25) is 0 Å². The Morgan fingerprint density at radius 2 is 1.68 bits per heavy atom. The number of fused-ring (bicyclic) bond motifs is 1. The molecule has 2 heteroatoms. The van der Waals surface area contributed by atoms with Gasteiger partial charge in [0.15, 0.2) is 5.78 Å². The number of carbonyl (C=O) groups excluding carboxylic acids is 1. The van der Waals surface area contributed by atoms with Crippen LogP contribution in [0.25, 0.3) is 0 Å². The molecule has 2 aromatic carbocycles. The number of ketones is 1. The first-order valence-electron chi connectivity index (χ1n) is 6.60. The Balaban J connectivity index is 1.81. The topological polar surface area (TPSA) is 17.1 Å². The van der Waals surface area contributed by atoms with Crippen LogP contribution >= 0.6 is 11.6 Å². The molecular weight excluding hydrogens is 256 g/mol. The quantitative estimate of drug-likeness (QED) is 0.743. The van der Waals surface area contributed by atoms with Gasteiger partial charge in [-0.25, -0.2) is 0 Å². The van der Waals surface area contributed by atoms with E-state index in [0.717, 1.165) is 24.8 Å². The lowest BCUT2D eigenvalue weighted by atomic mass is 9.80. The molecule has 1 unspecified atom stereocenters. The smallest absolute Gasteiger partial charge is 0.166 e. The summed E-state index contributed by atoms with van der Waals surface area (Å²) in [6.45, 7) is 0. The van der Waals surface area contributed by atoms with Crippen LogP contribution in [-0.2, 0) is 12.8 Å². The summed E-state index contributed by atoms with van der Waals surface area (Å²) in [6, 6.07) is 15.6. The van der Waals surface area contributed by atoms with E-state index in [-0.39, 0.29) is 11.7 Å². The van der Waals surface area contributed by atoms with E-state index in [1.54, 1.807) is 12.1 Å². The van der Waals surface area contributed by atoms with E-state index in [4.69, 9.17) is 11.6 Å². The molecule has 2 aromatic rings. The average Bonchev–Trinajstić information content (AvgIpc) is 2.47.